The summed E-state index contributed by atoms with van der Waals surface area (Å²) in [6, 6.07) is 9.60. The molecule has 0 radical (unpaired) electrons. The highest BCUT2D eigenvalue weighted by molar-refractivity contribution is 7.99. The molecule has 0 unspecified atom stereocenters. The summed E-state index contributed by atoms with van der Waals surface area (Å²) in [5.74, 6) is 2.30. The maximum Gasteiger partial charge on any atom is 0.188 e. The molecule has 0 N–H and O–H groups in total. The van der Waals surface area contributed by atoms with E-state index in [0.29, 0.717) is 6.61 Å². The third-order valence-electron chi connectivity index (χ3n) is 2.60. The zero-order chi connectivity index (χ0) is 14.4. The van der Waals surface area contributed by atoms with E-state index in [4.69, 9.17) is 9.47 Å². The van der Waals surface area contributed by atoms with Crippen LogP contribution >= 0.6 is 11.8 Å². The lowest BCUT2D eigenvalue weighted by atomic mass is 10.3. The summed E-state index contributed by atoms with van der Waals surface area (Å²) in [4.78, 5) is 8.77. The highest BCUT2D eigenvalue weighted by Crippen LogP contribution is 2.26. The Morgan fingerprint density at radius 2 is 1.70 bits per heavy atom. The van der Waals surface area contributed by atoms with Crippen LogP contribution in [0.3, 0.4) is 0 Å². The number of para-hydroxylation sites is 2. The molecule has 1 aromatic heterocycles. The van der Waals surface area contributed by atoms with Crippen LogP contribution in [0.5, 0.6) is 11.5 Å². The standard InChI is InChI=1S/C15H18N2O2S/c1-11-10-12(2)17-15(16-11)20-9-8-19-14-7-5-4-6-13(14)18-3/h4-7,10H,8-9H2,1-3H3. The van der Waals surface area contributed by atoms with Crippen LogP contribution in [0.4, 0.5) is 0 Å². The molecule has 2 aromatic rings. The van der Waals surface area contributed by atoms with Crippen LogP contribution in [0.25, 0.3) is 0 Å². The van der Waals surface area contributed by atoms with Crippen molar-refractivity contribution in [3.63, 3.8) is 0 Å². The van der Waals surface area contributed by atoms with Crippen LogP contribution in [0.1, 0.15) is 11.4 Å². The number of aryl methyl sites for hydroxylation is 2. The molecule has 4 nitrogen and oxygen atoms in total. The number of hydrogen-bond donors (Lipinski definition) is 0. The normalized spacial score (nSPS) is 10.3. The zero-order valence-electron chi connectivity index (χ0n) is 11.9. The predicted octanol–water partition coefficient (Wildman–Crippen LogP) is 3.27. The minimum atomic E-state index is 0.585. The number of benzene rings is 1. The molecular formula is C15H18N2O2S. The molecule has 0 fully saturated rings. The molecular weight excluding hydrogens is 272 g/mol. The van der Waals surface area contributed by atoms with E-state index in [1.807, 2.05) is 44.2 Å². The van der Waals surface area contributed by atoms with Crippen molar-refractivity contribution in [2.45, 2.75) is 19.0 Å². The maximum absolute atomic E-state index is 5.71. The molecule has 0 aliphatic carbocycles. The summed E-state index contributed by atoms with van der Waals surface area (Å²) < 4.78 is 10.9. The second kappa shape index (κ2) is 7.14. The van der Waals surface area contributed by atoms with Gasteiger partial charge in [-0.3, -0.25) is 0 Å². The molecule has 1 aromatic carbocycles. The van der Waals surface area contributed by atoms with E-state index >= 15 is 0 Å². The average Bonchev–Trinajstić information content (AvgIpc) is 2.43. The van der Waals surface area contributed by atoms with Gasteiger partial charge in [0.05, 0.1) is 13.7 Å². The molecule has 106 valence electrons. The Morgan fingerprint density at radius 1 is 1.05 bits per heavy atom. The minimum Gasteiger partial charge on any atom is -0.493 e. The van der Waals surface area contributed by atoms with Crippen molar-refractivity contribution in [3.8, 4) is 11.5 Å². The van der Waals surface area contributed by atoms with Crippen LogP contribution in [0.2, 0.25) is 0 Å². The first-order valence-corrected chi connectivity index (χ1v) is 7.38. The molecule has 0 bridgehead atoms. The summed E-state index contributed by atoms with van der Waals surface area (Å²) in [6.07, 6.45) is 0. The van der Waals surface area contributed by atoms with Crippen LogP contribution in [0, 0.1) is 13.8 Å². The Bertz CT molecular complexity index is 555. The highest BCUT2D eigenvalue weighted by atomic mass is 32.2. The van der Waals surface area contributed by atoms with Gasteiger partial charge in [-0.15, -0.1) is 0 Å². The monoisotopic (exact) mass is 290 g/mol. The number of aromatic nitrogens is 2. The van der Waals surface area contributed by atoms with E-state index < -0.39 is 0 Å². The molecule has 0 spiro atoms. The Morgan fingerprint density at radius 3 is 2.35 bits per heavy atom. The number of methoxy groups -OCH3 is 1. The topological polar surface area (TPSA) is 44.2 Å². The Labute approximate surface area is 123 Å². The number of thioether (sulfide) groups is 1. The number of rotatable bonds is 6. The smallest absolute Gasteiger partial charge is 0.188 e. The van der Waals surface area contributed by atoms with Crippen molar-refractivity contribution in [2.75, 3.05) is 19.5 Å². The summed E-state index contributed by atoms with van der Waals surface area (Å²) in [6.45, 7) is 4.54. The quantitative estimate of drug-likeness (QED) is 0.464. The molecule has 0 atom stereocenters. The van der Waals surface area contributed by atoms with Gasteiger partial charge >= 0.3 is 0 Å². The van der Waals surface area contributed by atoms with Crippen LogP contribution in [-0.4, -0.2) is 29.4 Å². The zero-order valence-corrected chi connectivity index (χ0v) is 12.7. The van der Waals surface area contributed by atoms with Crippen molar-refractivity contribution < 1.29 is 9.47 Å². The first kappa shape index (κ1) is 14.7. The van der Waals surface area contributed by atoms with Gasteiger partial charge in [0, 0.05) is 17.1 Å². The third kappa shape index (κ3) is 4.13. The number of nitrogens with zero attached hydrogens (tertiary/aromatic N) is 2. The largest absolute Gasteiger partial charge is 0.493 e. The molecule has 20 heavy (non-hydrogen) atoms. The third-order valence-corrected chi connectivity index (χ3v) is 3.41. The van der Waals surface area contributed by atoms with E-state index in [1.165, 1.54) is 0 Å². The summed E-state index contributed by atoms with van der Waals surface area (Å²) in [5.41, 5.74) is 1.98. The van der Waals surface area contributed by atoms with Gasteiger partial charge < -0.3 is 9.47 Å². The van der Waals surface area contributed by atoms with E-state index in [2.05, 4.69) is 9.97 Å². The molecule has 5 heteroatoms. The van der Waals surface area contributed by atoms with Crippen LogP contribution < -0.4 is 9.47 Å². The predicted molar refractivity (Wildman–Crippen MR) is 80.7 cm³/mol. The fraction of sp³-hybridized carbons (Fsp3) is 0.333. The lowest BCUT2D eigenvalue weighted by Crippen LogP contribution is -2.03. The second-order valence-corrected chi connectivity index (χ2v) is 5.34. The van der Waals surface area contributed by atoms with Gasteiger partial charge in [-0.25, -0.2) is 9.97 Å². The van der Waals surface area contributed by atoms with Gasteiger partial charge in [0.15, 0.2) is 16.7 Å². The van der Waals surface area contributed by atoms with Gasteiger partial charge in [-0.05, 0) is 32.0 Å². The molecule has 1 heterocycles. The van der Waals surface area contributed by atoms with Crippen LogP contribution in [0.15, 0.2) is 35.5 Å². The molecule has 0 aliphatic heterocycles. The fourth-order valence-corrected chi connectivity index (χ4v) is 2.55. The summed E-state index contributed by atoms with van der Waals surface area (Å²) >= 11 is 1.59. The number of ether oxygens (including phenoxy) is 2. The molecule has 0 aliphatic rings. The van der Waals surface area contributed by atoms with Gasteiger partial charge in [-0.2, -0.15) is 0 Å². The van der Waals surface area contributed by atoms with E-state index in [1.54, 1.807) is 18.9 Å². The number of hydrogen-bond acceptors (Lipinski definition) is 5. The van der Waals surface area contributed by atoms with E-state index in [-0.39, 0.29) is 0 Å². The lowest BCUT2D eigenvalue weighted by molar-refractivity contribution is 0.313. The first-order valence-electron chi connectivity index (χ1n) is 6.40. The first-order chi connectivity index (χ1) is 9.69. The molecule has 0 amide bonds. The minimum absolute atomic E-state index is 0.585. The molecule has 0 saturated carbocycles. The summed E-state index contributed by atoms with van der Waals surface area (Å²) in [7, 11) is 1.64. The van der Waals surface area contributed by atoms with Crippen molar-refractivity contribution in [1.82, 2.24) is 9.97 Å². The fourth-order valence-electron chi connectivity index (χ4n) is 1.78. The van der Waals surface area contributed by atoms with Gasteiger partial charge in [0.2, 0.25) is 0 Å². The van der Waals surface area contributed by atoms with Crippen LogP contribution in [-0.2, 0) is 0 Å². The lowest BCUT2D eigenvalue weighted by Gasteiger charge is -2.09. The molecule has 0 saturated heterocycles. The van der Waals surface area contributed by atoms with Crippen molar-refractivity contribution >= 4 is 11.8 Å². The van der Waals surface area contributed by atoms with Gasteiger partial charge in [0.25, 0.3) is 0 Å². The Kier molecular flexibility index (Phi) is 5.24. The Hall–Kier alpha value is -1.75. The maximum atomic E-state index is 5.71. The summed E-state index contributed by atoms with van der Waals surface area (Å²) in [5, 5.41) is 0.797. The van der Waals surface area contributed by atoms with Gasteiger partial charge in [0.1, 0.15) is 0 Å². The second-order valence-electron chi connectivity index (χ2n) is 4.28. The highest BCUT2D eigenvalue weighted by Gasteiger charge is 2.04. The van der Waals surface area contributed by atoms with E-state index in [0.717, 1.165) is 33.8 Å². The Balaban J connectivity index is 1.84. The molecule has 2 rings (SSSR count). The van der Waals surface area contributed by atoms with E-state index in [9.17, 15) is 0 Å². The van der Waals surface area contributed by atoms with Crippen molar-refractivity contribution in [1.29, 1.82) is 0 Å². The van der Waals surface area contributed by atoms with Crippen molar-refractivity contribution in [3.05, 3.63) is 41.7 Å². The SMILES string of the molecule is COc1ccccc1OCCSc1nc(C)cc(C)n1. The average molecular weight is 290 g/mol. The van der Waals surface area contributed by atoms with Gasteiger partial charge in [-0.1, -0.05) is 23.9 Å². The van der Waals surface area contributed by atoms with Crippen molar-refractivity contribution in [2.24, 2.45) is 0 Å².